The topological polar surface area (TPSA) is 15.3 Å². The first-order chi connectivity index (χ1) is 9.78. The number of anilines is 1. The van der Waals surface area contributed by atoms with E-state index in [1.54, 1.807) is 0 Å². The van der Waals surface area contributed by atoms with Gasteiger partial charge in [-0.3, -0.25) is 0 Å². The van der Waals surface area contributed by atoms with Crippen molar-refractivity contribution in [2.24, 2.45) is 5.92 Å². The lowest BCUT2D eigenvalue weighted by molar-refractivity contribution is 0.404. The van der Waals surface area contributed by atoms with Crippen LogP contribution in [0.5, 0.6) is 0 Å². The van der Waals surface area contributed by atoms with Gasteiger partial charge in [-0.25, -0.2) is 0 Å². The van der Waals surface area contributed by atoms with E-state index in [9.17, 15) is 0 Å². The Kier molecular flexibility index (Phi) is 4.52. The Balaban J connectivity index is 1.78. The maximum atomic E-state index is 6.52. The first kappa shape index (κ1) is 14.2. The standard InChI is InChI=1S/C17H25ClN2/c1-2-13-5-4-10-20(12-13)17-14(6-3-7-16(17)18)11-19-15-8-9-15/h3,6-7,13,15,19H,2,4-5,8-12H2,1H3. The van der Waals surface area contributed by atoms with Gasteiger partial charge in [0, 0.05) is 25.7 Å². The number of benzene rings is 1. The van der Waals surface area contributed by atoms with Gasteiger partial charge in [-0.15, -0.1) is 0 Å². The molecule has 1 heterocycles. The van der Waals surface area contributed by atoms with Crippen LogP contribution >= 0.6 is 11.6 Å². The van der Waals surface area contributed by atoms with E-state index in [0.717, 1.165) is 36.6 Å². The first-order valence-electron chi connectivity index (χ1n) is 8.03. The Morgan fingerprint density at radius 3 is 2.90 bits per heavy atom. The highest BCUT2D eigenvalue weighted by atomic mass is 35.5. The van der Waals surface area contributed by atoms with Crippen LogP contribution in [0.2, 0.25) is 5.02 Å². The molecule has 2 nitrogen and oxygen atoms in total. The number of rotatable bonds is 5. The van der Waals surface area contributed by atoms with Gasteiger partial charge in [0.1, 0.15) is 0 Å². The Morgan fingerprint density at radius 1 is 1.30 bits per heavy atom. The molecule has 2 aliphatic rings. The van der Waals surface area contributed by atoms with Crippen LogP contribution in [0, 0.1) is 5.92 Å². The summed E-state index contributed by atoms with van der Waals surface area (Å²) in [5.74, 6) is 0.823. The zero-order chi connectivity index (χ0) is 13.9. The summed E-state index contributed by atoms with van der Waals surface area (Å²) in [6.07, 6.45) is 6.60. The van der Waals surface area contributed by atoms with Gasteiger partial charge in [0.25, 0.3) is 0 Å². The van der Waals surface area contributed by atoms with Crippen LogP contribution in [0.4, 0.5) is 5.69 Å². The second-order valence-electron chi connectivity index (χ2n) is 6.27. The molecule has 0 spiro atoms. The highest BCUT2D eigenvalue weighted by molar-refractivity contribution is 6.33. The summed E-state index contributed by atoms with van der Waals surface area (Å²) in [5.41, 5.74) is 2.64. The third kappa shape index (κ3) is 3.29. The van der Waals surface area contributed by atoms with Gasteiger partial charge in [-0.1, -0.05) is 37.1 Å². The summed E-state index contributed by atoms with van der Waals surface area (Å²) in [5, 5.41) is 4.53. The lowest BCUT2D eigenvalue weighted by Crippen LogP contribution is -2.36. The molecule has 1 aliphatic heterocycles. The largest absolute Gasteiger partial charge is 0.370 e. The molecule has 1 saturated heterocycles. The summed E-state index contributed by atoms with van der Waals surface area (Å²) in [4.78, 5) is 2.52. The average Bonchev–Trinajstić information content (AvgIpc) is 3.29. The van der Waals surface area contributed by atoms with Crippen LogP contribution in [0.3, 0.4) is 0 Å². The molecule has 0 aromatic heterocycles. The third-order valence-electron chi connectivity index (χ3n) is 4.64. The fourth-order valence-electron chi connectivity index (χ4n) is 3.20. The van der Waals surface area contributed by atoms with E-state index < -0.39 is 0 Å². The Morgan fingerprint density at radius 2 is 2.15 bits per heavy atom. The van der Waals surface area contributed by atoms with Crippen molar-refractivity contribution in [2.75, 3.05) is 18.0 Å². The maximum Gasteiger partial charge on any atom is 0.0642 e. The molecule has 0 radical (unpaired) electrons. The second-order valence-corrected chi connectivity index (χ2v) is 6.67. The zero-order valence-electron chi connectivity index (χ0n) is 12.4. The fraction of sp³-hybridized carbons (Fsp3) is 0.647. The number of para-hydroxylation sites is 1. The Bertz CT molecular complexity index is 456. The summed E-state index contributed by atoms with van der Waals surface area (Å²) in [7, 11) is 0. The first-order valence-corrected chi connectivity index (χ1v) is 8.41. The predicted octanol–water partition coefficient (Wildman–Crippen LogP) is 4.22. The van der Waals surface area contributed by atoms with Gasteiger partial charge >= 0.3 is 0 Å². The summed E-state index contributed by atoms with van der Waals surface area (Å²) in [6, 6.07) is 7.09. The number of nitrogens with one attached hydrogen (secondary N) is 1. The molecule has 1 unspecified atom stereocenters. The molecule has 110 valence electrons. The van der Waals surface area contributed by atoms with E-state index in [0.29, 0.717) is 0 Å². The molecule has 1 aliphatic carbocycles. The van der Waals surface area contributed by atoms with E-state index in [4.69, 9.17) is 11.6 Å². The molecule has 1 N–H and O–H groups in total. The third-order valence-corrected chi connectivity index (χ3v) is 4.95. The molecule has 1 aromatic carbocycles. The van der Waals surface area contributed by atoms with Crippen molar-refractivity contribution in [3.63, 3.8) is 0 Å². The Hall–Kier alpha value is -0.730. The zero-order valence-corrected chi connectivity index (χ0v) is 13.1. The molecule has 1 atom stereocenters. The van der Waals surface area contributed by atoms with E-state index in [1.807, 2.05) is 6.07 Å². The van der Waals surface area contributed by atoms with Gasteiger partial charge in [0.05, 0.1) is 10.7 Å². The van der Waals surface area contributed by atoms with Crippen LogP contribution < -0.4 is 10.2 Å². The molecule has 3 rings (SSSR count). The van der Waals surface area contributed by atoms with Crippen LogP contribution in [0.25, 0.3) is 0 Å². The number of hydrogen-bond donors (Lipinski definition) is 1. The van der Waals surface area contributed by atoms with Gasteiger partial charge in [0.2, 0.25) is 0 Å². The van der Waals surface area contributed by atoms with Gasteiger partial charge in [0.15, 0.2) is 0 Å². The quantitative estimate of drug-likeness (QED) is 0.874. The fourth-order valence-corrected chi connectivity index (χ4v) is 3.51. The van der Waals surface area contributed by atoms with Crippen molar-refractivity contribution in [3.05, 3.63) is 28.8 Å². The summed E-state index contributed by atoms with van der Waals surface area (Å²) >= 11 is 6.52. The minimum Gasteiger partial charge on any atom is -0.370 e. The van der Waals surface area contributed by atoms with E-state index >= 15 is 0 Å². The van der Waals surface area contributed by atoms with Crippen molar-refractivity contribution in [1.82, 2.24) is 5.32 Å². The Labute approximate surface area is 127 Å². The summed E-state index contributed by atoms with van der Waals surface area (Å²) < 4.78 is 0. The number of hydrogen-bond acceptors (Lipinski definition) is 2. The van der Waals surface area contributed by atoms with Crippen LogP contribution in [-0.2, 0) is 6.54 Å². The predicted molar refractivity (Wildman–Crippen MR) is 86.5 cm³/mol. The number of piperidine rings is 1. The van der Waals surface area contributed by atoms with Gasteiger partial charge in [-0.2, -0.15) is 0 Å². The minimum absolute atomic E-state index is 0.742. The highest BCUT2D eigenvalue weighted by Crippen LogP contribution is 2.34. The van der Waals surface area contributed by atoms with E-state index in [1.165, 1.54) is 43.4 Å². The van der Waals surface area contributed by atoms with Crippen LogP contribution in [-0.4, -0.2) is 19.1 Å². The average molecular weight is 293 g/mol. The maximum absolute atomic E-state index is 6.52. The molecule has 3 heteroatoms. The molecular weight excluding hydrogens is 268 g/mol. The molecule has 1 saturated carbocycles. The SMILES string of the molecule is CCC1CCCN(c2c(Cl)cccc2CNC2CC2)C1. The molecule has 1 aromatic rings. The van der Waals surface area contributed by atoms with E-state index in [-0.39, 0.29) is 0 Å². The van der Waals surface area contributed by atoms with E-state index in [2.05, 4.69) is 29.3 Å². The van der Waals surface area contributed by atoms with Crippen molar-refractivity contribution in [2.45, 2.75) is 51.6 Å². The lowest BCUT2D eigenvalue weighted by Gasteiger charge is -2.36. The number of nitrogens with zero attached hydrogens (tertiary/aromatic N) is 1. The van der Waals surface area contributed by atoms with Crippen LogP contribution in [0.15, 0.2) is 18.2 Å². The normalized spacial score (nSPS) is 23.1. The second kappa shape index (κ2) is 6.36. The smallest absolute Gasteiger partial charge is 0.0642 e. The lowest BCUT2D eigenvalue weighted by atomic mass is 9.94. The van der Waals surface area contributed by atoms with Gasteiger partial charge < -0.3 is 10.2 Å². The molecule has 0 bridgehead atoms. The molecule has 0 amide bonds. The van der Waals surface area contributed by atoms with Crippen LogP contribution in [0.1, 0.15) is 44.6 Å². The number of halogens is 1. The molecule has 2 fully saturated rings. The minimum atomic E-state index is 0.742. The highest BCUT2D eigenvalue weighted by Gasteiger charge is 2.24. The van der Waals surface area contributed by atoms with Crippen molar-refractivity contribution >= 4 is 17.3 Å². The molecular formula is C17H25ClN2. The van der Waals surface area contributed by atoms with Gasteiger partial charge in [-0.05, 0) is 43.2 Å². The monoisotopic (exact) mass is 292 g/mol. The van der Waals surface area contributed by atoms with Crippen molar-refractivity contribution in [1.29, 1.82) is 0 Å². The summed E-state index contributed by atoms with van der Waals surface area (Å²) in [6.45, 7) is 5.57. The van der Waals surface area contributed by atoms with Crippen molar-refractivity contribution in [3.8, 4) is 0 Å². The van der Waals surface area contributed by atoms with Crippen molar-refractivity contribution < 1.29 is 0 Å². The molecule has 20 heavy (non-hydrogen) atoms.